The lowest BCUT2D eigenvalue weighted by atomic mass is 9.88. The summed E-state index contributed by atoms with van der Waals surface area (Å²) < 4.78 is 0. The van der Waals surface area contributed by atoms with E-state index in [1.165, 1.54) is 0 Å². The number of nitrogens with one attached hydrogen (secondary N) is 1. The molecule has 0 saturated carbocycles. The van der Waals surface area contributed by atoms with Crippen LogP contribution in [-0.2, 0) is 0 Å². The molecular formula is C23H24N4. The van der Waals surface area contributed by atoms with Crippen LogP contribution in [0.5, 0.6) is 0 Å². The molecule has 0 radical (unpaired) electrons. The normalized spacial score (nSPS) is 14.6. The molecule has 4 nitrogen and oxygen atoms in total. The summed E-state index contributed by atoms with van der Waals surface area (Å²) in [5, 5.41) is 4.59. The smallest absolute Gasteiger partial charge is 0.162 e. The maximum absolute atomic E-state index is 4.85. The molecule has 1 aromatic heterocycles. The average Bonchev–Trinajstić information content (AvgIpc) is 2.68. The zero-order valence-electron chi connectivity index (χ0n) is 16.0. The van der Waals surface area contributed by atoms with E-state index in [1.54, 1.807) is 0 Å². The Morgan fingerprint density at radius 1 is 0.889 bits per heavy atom. The number of fused-ring (bicyclic) bond motifs is 1. The minimum atomic E-state index is 0.0380. The molecule has 0 spiro atoms. The molecule has 0 bridgehead atoms. The summed E-state index contributed by atoms with van der Waals surface area (Å²) in [5.74, 6) is 1.58. The van der Waals surface area contributed by atoms with E-state index < -0.39 is 0 Å². The highest BCUT2D eigenvalue weighted by Crippen LogP contribution is 2.28. The Morgan fingerprint density at radius 2 is 1.63 bits per heavy atom. The van der Waals surface area contributed by atoms with E-state index >= 15 is 0 Å². The summed E-state index contributed by atoms with van der Waals surface area (Å²) in [6.07, 6.45) is 3.06. The van der Waals surface area contributed by atoms with E-state index in [1.807, 2.05) is 48.5 Å². The number of aliphatic imine (C=N–C) groups is 1. The number of dihydropyridines is 1. The molecule has 0 amide bonds. The van der Waals surface area contributed by atoms with Gasteiger partial charge in [-0.05, 0) is 18.2 Å². The van der Waals surface area contributed by atoms with E-state index in [4.69, 9.17) is 9.97 Å². The monoisotopic (exact) mass is 356 g/mol. The van der Waals surface area contributed by atoms with Gasteiger partial charge in [0, 0.05) is 40.7 Å². The standard InChI is InChI=1S/C23H24N4/c1-23(2,3)20-15-17(13-14-24-20)25-22-18-11-7-8-12-19(18)26-21(27-22)16-9-5-4-6-10-16/h4-12,15H,13-14H2,1-3H3,(H,25,26,27). The molecule has 0 unspecified atom stereocenters. The maximum atomic E-state index is 4.85. The van der Waals surface area contributed by atoms with Crippen LogP contribution in [0, 0.1) is 5.41 Å². The predicted octanol–water partition coefficient (Wildman–Crippen LogP) is 5.48. The molecule has 0 atom stereocenters. The Labute approximate surface area is 160 Å². The molecule has 4 rings (SSSR count). The van der Waals surface area contributed by atoms with Crippen LogP contribution < -0.4 is 5.32 Å². The van der Waals surface area contributed by atoms with E-state index in [-0.39, 0.29) is 5.41 Å². The topological polar surface area (TPSA) is 50.2 Å². The third-order valence-corrected chi connectivity index (χ3v) is 4.66. The largest absolute Gasteiger partial charge is 0.343 e. The second kappa shape index (κ2) is 6.95. The van der Waals surface area contributed by atoms with Gasteiger partial charge >= 0.3 is 0 Å². The van der Waals surface area contributed by atoms with Gasteiger partial charge in [0.05, 0.1) is 5.52 Å². The highest BCUT2D eigenvalue weighted by atomic mass is 15.0. The lowest BCUT2D eigenvalue weighted by Crippen LogP contribution is -2.23. The number of hydrogen-bond acceptors (Lipinski definition) is 4. The van der Waals surface area contributed by atoms with Crippen molar-refractivity contribution in [3.63, 3.8) is 0 Å². The first-order valence-corrected chi connectivity index (χ1v) is 9.35. The van der Waals surface area contributed by atoms with Crippen molar-refractivity contribution < 1.29 is 0 Å². The van der Waals surface area contributed by atoms with Crippen LogP contribution in [0.15, 0.2) is 71.4 Å². The molecule has 136 valence electrons. The van der Waals surface area contributed by atoms with Gasteiger partial charge in [-0.3, -0.25) is 4.99 Å². The van der Waals surface area contributed by atoms with Crippen LogP contribution in [0.3, 0.4) is 0 Å². The SMILES string of the molecule is CC(C)(C)C1=NCCC(Nc2nc(-c3ccccc3)nc3ccccc23)=C1. The number of hydrogen-bond donors (Lipinski definition) is 1. The van der Waals surface area contributed by atoms with Gasteiger partial charge in [0.2, 0.25) is 0 Å². The second-order valence-corrected chi connectivity index (χ2v) is 7.84. The van der Waals surface area contributed by atoms with Crippen molar-refractivity contribution in [1.82, 2.24) is 9.97 Å². The number of aromatic nitrogens is 2. The van der Waals surface area contributed by atoms with Gasteiger partial charge < -0.3 is 5.32 Å². The van der Waals surface area contributed by atoms with Crippen LogP contribution in [0.4, 0.5) is 5.82 Å². The molecule has 1 N–H and O–H groups in total. The van der Waals surface area contributed by atoms with E-state index in [0.717, 1.165) is 52.5 Å². The van der Waals surface area contributed by atoms with Crippen molar-refractivity contribution in [2.75, 3.05) is 11.9 Å². The van der Waals surface area contributed by atoms with Crippen LogP contribution >= 0.6 is 0 Å². The van der Waals surface area contributed by atoms with Crippen molar-refractivity contribution in [2.45, 2.75) is 27.2 Å². The molecule has 0 aliphatic carbocycles. The van der Waals surface area contributed by atoms with Gasteiger partial charge in [-0.25, -0.2) is 9.97 Å². The molecule has 3 aromatic rings. The minimum Gasteiger partial charge on any atom is -0.343 e. The van der Waals surface area contributed by atoms with Gasteiger partial charge in [-0.15, -0.1) is 0 Å². The molecule has 0 saturated heterocycles. The summed E-state index contributed by atoms with van der Waals surface area (Å²) in [6.45, 7) is 7.39. The first-order chi connectivity index (χ1) is 13.0. The summed E-state index contributed by atoms with van der Waals surface area (Å²) in [4.78, 5) is 14.3. The van der Waals surface area contributed by atoms with Crippen molar-refractivity contribution in [2.24, 2.45) is 10.4 Å². The fourth-order valence-corrected chi connectivity index (χ4v) is 3.17. The zero-order valence-corrected chi connectivity index (χ0v) is 16.0. The van der Waals surface area contributed by atoms with Crippen LogP contribution in [0.2, 0.25) is 0 Å². The van der Waals surface area contributed by atoms with Crippen molar-refractivity contribution >= 4 is 22.4 Å². The Balaban J connectivity index is 1.77. The number of allylic oxidation sites excluding steroid dienone is 1. The average molecular weight is 356 g/mol. The number of anilines is 1. The Hall–Kier alpha value is -3.01. The highest BCUT2D eigenvalue weighted by molar-refractivity contribution is 6.01. The van der Waals surface area contributed by atoms with Crippen LogP contribution in [0.1, 0.15) is 27.2 Å². The van der Waals surface area contributed by atoms with Gasteiger partial charge in [-0.2, -0.15) is 0 Å². The fourth-order valence-electron chi connectivity index (χ4n) is 3.17. The summed E-state index contributed by atoms with van der Waals surface area (Å²) in [6, 6.07) is 18.2. The van der Waals surface area contributed by atoms with Gasteiger partial charge in [0.15, 0.2) is 5.82 Å². The molecule has 2 heterocycles. The number of rotatable bonds is 3. The van der Waals surface area contributed by atoms with Crippen molar-refractivity contribution in [1.29, 1.82) is 0 Å². The molecular weight excluding hydrogens is 332 g/mol. The summed E-state index contributed by atoms with van der Waals surface area (Å²) >= 11 is 0. The summed E-state index contributed by atoms with van der Waals surface area (Å²) in [5.41, 5.74) is 4.27. The van der Waals surface area contributed by atoms with Crippen molar-refractivity contribution in [3.8, 4) is 11.4 Å². The molecule has 0 fully saturated rings. The van der Waals surface area contributed by atoms with Crippen molar-refractivity contribution in [3.05, 3.63) is 66.4 Å². The fraction of sp³-hybridized carbons (Fsp3) is 0.261. The second-order valence-electron chi connectivity index (χ2n) is 7.84. The lowest BCUT2D eigenvalue weighted by Gasteiger charge is -2.24. The van der Waals surface area contributed by atoms with Crippen LogP contribution in [-0.4, -0.2) is 22.2 Å². The molecule has 4 heteroatoms. The summed E-state index contributed by atoms with van der Waals surface area (Å²) in [7, 11) is 0. The Kier molecular flexibility index (Phi) is 4.48. The van der Waals surface area contributed by atoms with E-state index in [9.17, 15) is 0 Å². The molecule has 1 aliphatic heterocycles. The van der Waals surface area contributed by atoms with Gasteiger partial charge in [-0.1, -0.05) is 63.2 Å². The number of para-hydroxylation sites is 1. The van der Waals surface area contributed by atoms with Gasteiger partial charge in [0.1, 0.15) is 5.82 Å². The Morgan fingerprint density at radius 3 is 2.41 bits per heavy atom. The third-order valence-electron chi connectivity index (χ3n) is 4.66. The Bertz CT molecular complexity index is 1030. The first-order valence-electron chi connectivity index (χ1n) is 9.35. The van der Waals surface area contributed by atoms with Crippen LogP contribution in [0.25, 0.3) is 22.3 Å². The highest BCUT2D eigenvalue weighted by Gasteiger charge is 2.20. The predicted molar refractivity (Wildman–Crippen MR) is 113 cm³/mol. The molecule has 27 heavy (non-hydrogen) atoms. The number of benzene rings is 2. The third kappa shape index (κ3) is 3.75. The van der Waals surface area contributed by atoms with Gasteiger partial charge in [0.25, 0.3) is 0 Å². The number of nitrogens with zero attached hydrogens (tertiary/aromatic N) is 3. The van der Waals surface area contributed by atoms with E-state index in [2.05, 4.69) is 43.2 Å². The maximum Gasteiger partial charge on any atom is 0.162 e. The molecule has 1 aliphatic rings. The zero-order chi connectivity index (χ0) is 18.9. The molecule has 2 aromatic carbocycles. The quantitative estimate of drug-likeness (QED) is 0.676. The first kappa shape index (κ1) is 17.4. The lowest BCUT2D eigenvalue weighted by molar-refractivity contribution is 0.588. The van der Waals surface area contributed by atoms with E-state index in [0.29, 0.717) is 0 Å². The minimum absolute atomic E-state index is 0.0380.